The summed E-state index contributed by atoms with van der Waals surface area (Å²) in [4.78, 5) is 18.0. The topological polar surface area (TPSA) is 54.5 Å². The zero-order valence-electron chi connectivity index (χ0n) is 12.4. The van der Waals surface area contributed by atoms with Crippen LogP contribution in [-0.2, 0) is 4.74 Å². The number of ether oxygens (including phenoxy) is 1. The van der Waals surface area contributed by atoms with Crippen molar-refractivity contribution in [2.45, 2.75) is 6.04 Å². The van der Waals surface area contributed by atoms with Gasteiger partial charge in [0, 0.05) is 25.0 Å². The molecule has 0 amide bonds. The maximum atomic E-state index is 12.9. The maximum absolute atomic E-state index is 12.9. The highest BCUT2D eigenvalue weighted by Gasteiger charge is 2.31. The number of benzene rings is 1. The van der Waals surface area contributed by atoms with Gasteiger partial charge in [0.2, 0.25) is 0 Å². The van der Waals surface area contributed by atoms with Gasteiger partial charge in [-0.1, -0.05) is 11.6 Å². The van der Waals surface area contributed by atoms with Crippen LogP contribution in [0, 0.1) is 5.82 Å². The highest BCUT2D eigenvalue weighted by atomic mass is 35.5. The van der Waals surface area contributed by atoms with Crippen LogP contribution in [0.2, 0.25) is 5.02 Å². The number of pyridine rings is 1. The van der Waals surface area contributed by atoms with Crippen molar-refractivity contribution in [3.63, 3.8) is 0 Å². The van der Waals surface area contributed by atoms with Crippen LogP contribution in [0.1, 0.15) is 10.4 Å². The van der Waals surface area contributed by atoms with Gasteiger partial charge in [-0.25, -0.2) is 14.2 Å². The number of nitrogens with one attached hydrogen (secondary N) is 1. The summed E-state index contributed by atoms with van der Waals surface area (Å²) < 4.78 is 17.7. The van der Waals surface area contributed by atoms with E-state index in [2.05, 4.69) is 10.3 Å². The molecule has 0 saturated carbocycles. The van der Waals surface area contributed by atoms with Crippen LogP contribution in [0.5, 0.6) is 0 Å². The average Bonchev–Trinajstić information content (AvgIpc) is 2.52. The Morgan fingerprint density at radius 1 is 1.39 bits per heavy atom. The van der Waals surface area contributed by atoms with Crippen LogP contribution in [0.4, 0.5) is 15.9 Å². The van der Waals surface area contributed by atoms with E-state index in [1.54, 1.807) is 18.2 Å². The highest BCUT2D eigenvalue weighted by molar-refractivity contribution is 6.30. The smallest absolute Gasteiger partial charge is 0.341 e. The van der Waals surface area contributed by atoms with Crippen LogP contribution in [0.25, 0.3) is 0 Å². The van der Waals surface area contributed by atoms with Crippen molar-refractivity contribution in [3.05, 3.63) is 52.9 Å². The first-order chi connectivity index (χ1) is 11.1. The lowest BCUT2D eigenvalue weighted by molar-refractivity contribution is 0.0600. The molecule has 1 aliphatic heterocycles. The summed E-state index contributed by atoms with van der Waals surface area (Å²) in [7, 11) is 1.32. The minimum absolute atomic E-state index is 0.198. The normalized spacial score (nSPS) is 14.3. The largest absolute Gasteiger partial charge is 0.465 e. The Bertz CT molecular complexity index is 718. The quantitative estimate of drug-likeness (QED) is 0.871. The van der Waals surface area contributed by atoms with Gasteiger partial charge in [0.1, 0.15) is 17.2 Å². The van der Waals surface area contributed by atoms with Crippen molar-refractivity contribution in [2.24, 2.45) is 0 Å². The van der Waals surface area contributed by atoms with Gasteiger partial charge >= 0.3 is 5.97 Å². The second kappa shape index (κ2) is 6.42. The van der Waals surface area contributed by atoms with E-state index in [9.17, 15) is 9.18 Å². The molecule has 1 saturated heterocycles. The molecule has 1 aliphatic rings. The van der Waals surface area contributed by atoms with Crippen molar-refractivity contribution in [2.75, 3.05) is 30.4 Å². The van der Waals surface area contributed by atoms with Crippen molar-refractivity contribution < 1.29 is 13.9 Å². The molecular formula is C16H15ClFN3O2. The number of nitrogens with zero attached hydrogens (tertiary/aromatic N) is 2. The number of hydrogen-bond acceptors (Lipinski definition) is 5. The van der Waals surface area contributed by atoms with Crippen LogP contribution in [-0.4, -0.2) is 37.2 Å². The summed E-state index contributed by atoms with van der Waals surface area (Å²) in [6.07, 6.45) is 1.50. The summed E-state index contributed by atoms with van der Waals surface area (Å²) >= 11 is 5.90. The summed E-state index contributed by atoms with van der Waals surface area (Å²) in [6, 6.07) is 7.96. The Kier molecular flexibility index (Phi) is 4.34. The van der Waals surface area contributed by atoms with E-state index in [1.165, 1.54) is 25.4 Å². The van der Waals surface area contributed by atoms with Crippen molar-refractivity contribution in [1.29, 1.82) is 0 Å². The third kappa shape index (κ3) is 3.37. The number of anilines is 2. The first-order valence-electron chi connectivity index (χ1n) is 7.07. The monoisotopic (exact) mass is 335 g/mol. The van der Waals surface area contributed by atoms with Crippen molar-refractivity contribution in [3.8, 4) is 0 Å². The van der Waals surface area contributed by atoms with Gasteiger partial charge in [0.25, 0.3) is 0 Å². The molecule has 120 valence electrons. The summed E-state index contributed by atoms with van der Waals surface area (Å²) in [6.45, 7) is 1.35. The average molecular weight is 336 g/mol. The number of methoxy groups -OCH3 is 1. The van der Waals surface area contributed by atoms with Gasteiger partial charge in [-0.3, -0.25) is 0 Å². The Morgan fingerprint density at radius 3 is 2.74 bits per heavy atom. The molecule has 1 fully saturated rings. The van der Waals surface area contributed by atoms with E-state index in [1.807, 2.05) is 4.90 Å². The first kappa shape index (κ1) is 15.6. The molecule has 1 aromatic carbocycles. The lowest BCUT2D eigenvalue weighted by atomic mass is 10.1. The fourth-order valence-corrected chi connectivity index (χ4v) is 2.63. The van der Waals surface area contributed by atoms with Gasteiger partial charge in [-0.15, -0.1) is 0 Å². The molecule has 5 nitrogen and oxygen atoms in total. The second-order valence-corrected chi connectivity index (χ2v) is 5.71. The van der Waals surface area contributed by atoms with E-state index < -0.39 is 5.97 Å². The van der Waals surface area contributed by atoms with Crippen LogP contribution in [0.15, 0.2) is 36.5 Å². The number of halogens is 2. The lowest BCUT2D eigenvalue weighted by Gasteiger charge is -2.41. The molecule has 0 spiro atoms. The number of rotatable bonds is 4. The van der Waals surface area contributed by atoms with Crippen molar-refractivity contribution in [1.82, 2.24) is 4.98 Å². The van der Waals surface area contributed by atoms with Crippen LogP contribution >= 0.6 is 11.6 Å². The molecule has 2 aromatic rings. The van der Waals surface area contributed by atoms with Crippen molar-refractivity contribution >= 4 is 29.1 Å². The van der Waals surface area contributed by atoms with E-state index in [4.69, 9.17) is 16.3 Å². The molecule has 0 unspecified atom stereocenters. The minimum Gasteiger partial charge on any atom is -0.465 e. The molecule has 1 aromatic heterocycles. The molecule has 0 atom stereocenters. The van der Waals surface area contributed by atoms with Gasteiger partial charge in [-0.2, -0.15) is 0 Å². The van der Waals surface area contributed by atoms with Gasteiger partial charge in [0.15, 0.2) is 0 Å². The third-order valence-corrected chi connectivity index (χ3v) is 3.84. The van der Waals surface area contributed by atoms with Gasteiger partial charge in [0.05, 0.1) is 18.2 Å². The lowest BCUT2D eigenvalue weighted by Crippen LogP contribution is -2.55. The molecule has 7 heteroatoms. The van der Waals surface area contributed by atoms with E-state index in [0.29, 0.717) is 29.5 Å². The molecule has 0 radical (unpaired) electrons. The Morgan fingerprint density at radius 2 is 2.09 bits per heavy atom. The fourth-order valence-electron chi connectivity index (χ4n) is 2.47. The molecule has 0 aliphatic carbocycles. The molecule has 0 bridgehead atoms. The number of esters is 1. The van der Waals surface area contributed by atoms with Crippen LogP contribution in [0.3, 0.4) is 0 Å². The standard InChI is InChI=1S/C16H15ClFN3O2/c1-23-16(22)14-6-10(17)7-19-15(14)21-8-13(9-21)20-12-4-2-11(18)3-5-12/h2-7,13,20H,8-9H2,1H3. The zero-order valence-corrected chi connectivity index (χ0v) is 13.2. The SMILES string of the molecule is COC(=O)c1cc(Cl)cnc1N1CC(Nc2ccc(F)cc2)C1. The Hall–Kier alpha value is -2.34. The van der Waals surface area contributed by atoms with Gasteiger partial charge < -0.3 is 15.0 Å². The number of hydrogen-bond donors (Lipinski definition) is 1. The third-order valence-electron chi connectivity index (χ3n) is 3.63. The maximum Gasteiger partial charge on any atom is 0.341 e. The zero-order chi connectivity index (χ0) is 16.4. The second-order valence-electron chi connectivity index (χ2n) is 5.27. The van der Waals surface area contributed by atoms with E-state index in [0.717, 1.165) is 5.69 Å². The summed E-state index contributed by atoms with van der Waals surface area (Å²) in [5.41, 5.74) is 1.20. The Labute approximate surface area is 138 Å². The van der Waals surface area contributed by atoms with E-state index in [-0.39, 0.29) is 11.9 Å². The van der Waals surface area contributed by atoms with E-state index >= 15 is 0 Å². The number of carbonyl (C=O) groups is 1. The molecular weight excluding hydrogens is 321 g/mol. The predicted molar refractivity (Wildman–Crippen MR) is 86.6 cm³/mol. The molecule has 23 heavy (non-hydrogen) atoms. The molecule has 3 rings (SSSR count). The fraction of sp³-hybridized carbons (Fsp3) is 0.250. The van der Waals surface area contributed by atoms with Gasteiger partial charge in [-0.05, 0) is 30.3 Å². The summed E-state index contributed by atoms with van der Waals surface area (Å²) in [5.74, 6) is -0.179. The highest BCUT2D eigenvalue weighted by Crippen LogP contribution is 2.27. The molecule has 1 N–H and O–H groups in total. The first-order valence-corrected chi connectivity index (χ1v) is 7.45. The number of aromatic nitrogens is 1. The van der Waals surface area contributed by atoms with Crippen LogP contribution < -0.4 is 10.2 Å². The number of carbonyl (C=O) groups excluding carboxylic acids is 1. The molecule has 2 heterocycles. The predicted octanol–water partition coefficient (Wildman–Crippen LogP) is 2.96. The minimum atomic E-state index is -0.468. The Balaban J connectivity index is 1.67. The summed E-state index contributed by atoms with van der Waals surface area (Å²) in [5, 5.41) is 3.69.